The first-order valence-electron chi connectivity index (χ1n) is 7.52. The van der Waals surface area contributed by atoms with E-state index in [1.807, 2.05) is 0 Å². The summed E-state index contributed by atoms with van der Waals surface area (Å²) in [6, 6.07) is 2.12. The second kappa shape index (κ2) is 7.28. The molecule has 0 fully saturated rings. The van der Waals surface area contributed by atoms with Gasteiger partial charge in [0.1, 0.15) is 6.33 Å². The Morgan fingerprint density at radius 3 is 2.81 bits per heavy atom. The van der Waals surface area contributed by atoms with E-state index in [2.05, 4.69) is 20.4 Å². The normalized spacial score (nSPS) is 15.7. The minimum absolute atomic E-state index is 0.169. The van der Waals surface area contributed by atoms with E-state index in [-0.39, 0.29) is 10.6 Å². The van der Waals surface area contributed by atoms with Gasteiger partial charge in [0.05, 0.1) is 18.2 Å². The number of benzene rings is 1. The third-order valence-electron chi connectivity index (χ3n) is 3.55. The molecule has 0 saturated heterocycles. The lowest BCUT2D eigenvalue weighted by molar-refractivity contribution is -0.137. The first-order chi connectivity index (χ1) is 12.3. The second-order valence-electron chi connectivity index (χ2n) is 5.46. The molecular formula is C15H13ClF3N5OS. The van der Waals surface area contributed by atoms with Gasteiger partial charge in [-0.1, -0.05) is 23.4 Å². The fourth-order valence-electron chi connectivity index (χ4n) is 2.37. The Hall–Kier alpha value is -2.07. The van der Waals surface area contributed by atoms with E-state index in [1.165, 1.54) is 28.8 Å². The molecule has 138 valence electrons. The molecule has 1 aliphatic rings. The number of hydrogen-bond donors (Lipinski definition) is 1. The highest BCUT2D eigenvalue weighted by Crippen LogP contribution is 2.32. The zero-order valence-electron chi connectivity index (χ0n) is 13.4. The number of aliphatic imine (C=N–C) groups is 1. The van der Waals surface area contributed by atoms with Gasteiger partial charge in [-0.2, -0.15) is 23.0 Å². The van der Waals surface area contributed by atoms with E-state index in [0.717, 1.165) is 17.9 Å². The molecule has 0 spiro atoms. The van der Waals surface area contributed by atoms with E-state index >= 15 is 0 Å². The number of nitrogens with one attached hydrogen (secondary N) is 1. The maximum absolute atomic E-state index is 12.9. The van der Waals surface area contributed by atoms with Gasteiger partial charge >= 0.3 is 6.18 Å². The van der Waals surface area contributed by atoms with Crippen LogP contribution < -0.4 is 5.32 Å². The number of amides is 1. The average Bonchev–Trinajstić information content (AvgIpc) is 3.24. The largest absolute Gasteiger partial charge is 0.416 e. The summed E-state index contributed by atoms with van der Waals surface area (Å²) in [5, 5.41) is 7.21. The molecular weight excluding hydrogens is 391 g/mol. The molecule has 6 nitrogen and oxygen atoms in total. The molecule has 1 N–H and O–H groups in total. The van der Waals surface area contributed by atoms with Gasteiger partial charge in [0.2, 0.25) is 0 Å². The highest BCUT2D eigenvalue weighted by Gasteiger charge is 2.32. The number of hydrogen-bond acceptors (Lipinski definition) is 5. The quantitative estimate of drug-likeness (QED) is 0.852. The highest BCUT2D eigenvalue weighted by molar-refractivity contribution is 8.14. The summed E-state index contributed by atoms with van der Waals surface area (Å²) in [7, 11) is 0. The van der Waals surface area contributed by atoms with Crippen LogP contribution in [0.4, 0.5) is 13.2 Å². The molecule has 2 aromatic rings. The van der Waals surface area contributed by atoms with Crippen molar-refractivity contribution in [1.82, 2.24) is 20.1 Å². The number of thioether (sulfide) groups is 1. The molecule has 0 aliphatic carbocycles. The molecule has 1 atom stereocenters. The molecule has 0 bridgehead atoms. The van der Waals surface area contributed by atoms with Crippen molar-refractivity contribution in [2.75, 3.05) is 12.3 Å². The van der Waals surface area contributed by atoms with Crippen molar-refractivity contribution in [3.63, 3.8) is 0 Å². The van der Waals surface area contributed by atoms with E-state index in [0.29, 0.717) is 17.5 Å². The number of aromatic nitrogens is 3. The molecule has 26 heavy (non-hydrogen) atoms. The van der Waals surface area contributed by atoms with Crippen molar-refractivity contribution >= 4 is 34.4 Å². The van der Waals surface area contributed by atoms with Gasteiger partial charge < -0.3 is 5.32 Å². The molecule has 1 aromatic heterocycles. The summed E-state index contributed by atoms with van der Waals surface area (Å²) < 4.78 is 40.2. The molecule has 2 heterocycles. The van der Waals surface area contributed by atoms with E-state index in [9.17, 15) is 18.0 Å². The molecule has 1 amide bonds. The van der Waals surface area contributed by atoms with Crippen LogP contribution >= 0.6 is 23.4 Å². The predicted molar refractivity (Wildman–Crippen MR) is 92.5 cm³/mol. The third kappa shape index (κ3) is 4.01. The highest BCUT2D eigenvalue weighted by atomic mass is 35.5. The first kappa shape index (κ1) is 18.7. The second-order valence-corrected chi connectivity index (χ2v) is 6.96. The van der Waals surface area contributed by atoms with E-state index in [4.69, 9.17) is 11.6 Å². The molecule has 1 unspecified atom stereocenters. The minimum atomic E-state index is -4.59. The number of alkyl halides is 3. The Labute approximate surface area is 155 Å². The third-order valence-corrected chi connectivity index (χ3v) is 4.71. The van der Waals surface area contributed by atoms with E-state index < -0.39 is 23.7 Å². The lowest BCUT2D eigenvalue weighted by Gasteiger charge is -2.15. The number of halogens is 4. The SMILES string of the molecule is CC(NC(=O)c1cc(Cl)cc(C(F)(F)F)c1)c1ncnn1C1=NCCS1. The summed E-state index contributed by atoms with van der Waals surface area (Å²) in [6.07, 6.45) is -3.26. The number of rotatable bonds is 3. The monoisotopic (exact) mass is 403 g/mol. The summed E-state index contributed by atoms with van der Waals surface area (Å²) in [6.45, 7) is 2.33. The van der Waals surface area contributed by atoms with Crippen LogP contribution in [0.2, 0.25) is 5.02 Å². The summed E-state index contributed by atoms with van der Waals surface area (Å²) in [5.41, 5.74) is -1.17. The molecule has 0 saturated carbocycles. The Morgan fingerprint density at radius 2 is 2.15 bits per heavy atom. The van der Waals surface area contributed by atoms with Gasteiger partial charge in [-0.15, -0.1) is 0 Å². The summed E-state index contributed by atoms with van der Waals surface area (Å²) in [4.78, 5) is 20.8. The Bertz CT molecular complexity index is 867. The Kier molecular flexibility index (Phi) is 5.24. The van der Waals surface area contributed by atoms with Crippen LogP contribution in [0.3, 0.4) is 0 Å². The van der Waals surface area contributed by atoms with Gasteiger partial charge in [-0.25, -0.2) is 4.98 Å². The van der Waals surface area contributed by atoms with Crippen LogP contribution in [0, 0.1) is 0 Å². The smallest absolute Gasteiger partial charge is 0.342 e. The van der Waals surface area contributed by atoms with Crippen LogP contribution in [0.5, 0.6) is 0 Å². The van der Waals surface area contributed by atoms with Crippen molar-refractivity contribution in [1.29, 1.82) is 0 Å². The van der Waals surface area contributed by atoms with Crippen LogP contribution in [0.1, 0.15) is 34.7 Å². The Balaban J connectivity index is 1.81. The standard InChI is InChI=1S/C15H13ClF3N5OS/c1-8(12-21-7-22-24(12)14-20-2-3-26-14)23-13(25)9-4-10(15(17,18)19)6-11(16)5-9/h4-8H,2-3H2,1H3,(H,23,25). The van der Waals surface area contributed by atoms with Crippen molar-refractivity contribution < 1.29 is 18.0 Å². The van der Waals surface area contributed by atoms with Gasteiger partial charge in [-0.05, 0) is 25.1 Å². The van der Waals surface area contributed by atoms with Gasteiger partial charge in [-0.3, -0.25) is 9.79 Å². The van der Waals surface area contributed by atoms with E-state index in [1.54, 1.807) is 6.92 Å². The van der Waals surface area contributed by atoms with Gasteiger partial charge in [0.15, 0.2) is 11.0 Å². The zero-order chi connectivity index (χ0) is 18.9. The lowest BCUT2D eigenvalue weighted by Crippen LogP contribution is -2.30. The summed E-state index contributed by atoms with van der Waals surface area (Å²) >= 11 is 7.23. The topological polar surface area (TPSA) is 72.2 Å². The molecule has 1 aromatic carbocycles. The van der Waals surface area contributed by atoms with Crippen LogP contribution in [0.15, 0.2) is 29.5 Å². The number of carbonyl (C=O) groups excluding carboxylic acids is 1. The van der Waals surface area contributed by atoms with Crippen LogP contribution in [-0.4, -0.2) is 38.1 Å². The van der Waals surface area contributed by atoms with Crippen LogP contribution in [-0.2, 0) is 6.18 Å². The van der Waals surface area contributed by atoms with Crippen molar-refractivity contribution in [2.24, 2.45) is 4.99 Å². The minimum Gasteiger partial charge on any atom is -0.342 e. The molecule has 3 rings (SSSR count). The van der Waals surface area contributed by atoms with Crippen molar-refractivity contribution in [2.45, 2.75) is 19.1 Å². The first-order valence-corrected chi connectivity index (χ1v) is 8.88. The maximum Gasteiger partial charge on any atom is 0.416 e. The molecule has 0 radical (unpaired) electrons. The van der Waals surface area contributed by atoms with Crippen molar-refractivity contribution in [3.05, 3.63) is 46.5 Å². The predicted octanol–water partition coefficient (Wildman–Crippen LogP) is 3.39. The van der Waals surface area contributed by atoms with Crippen molar-refractivity contribution in [3.8, 4) is 0 Å². The fourth-order valence-corrected chi connectivity index (χ4v) is 3.42. The fraction of sp³-hybridized carbons (Fsp3) is 0.333. The lowest BCUT2D eigenvalue weighted by atomic mass is 10.1. The molecule has 1 aliphatic heterocycles. The number of nitrogens with zero attached hydrogens (tertiary/aromatic N) is 4. The molecule has 11 heteroatoms. The average molecular weight is 404 g/mol. The Morgan fingerprint density at radius 1 is 1.38 bits per heavy atom. The summed E-state index contributed by atoms with van der Waals surface area (Å²) in [5.74, 6) is 0.573. The van der Waals surface area contributed by atoms with Gasteiger partial charge in [0.25, 0.3) is 5.91 Å². The van der Waals surface area contributed by atoms with Crippen LogP contribution in [0.25, 0.3) is 0 Å². The maximum atomic E-state index is 12.9. The number of carbonyl (C=O) groups is 1. The van der Waals surface area contributed by atoms with Gasteiger partial charge in [0, 0.05) is 16.3 Å². The zero-order valence-corrected chi connectivity index (χ0v) is 15.0.